The molecule has 0 aromatic rings. The van der Waals surface area contributed by atoms with Gasteiger partial charge < -0.3 is 10.2 Å². The van der Waals surface area contributed by atoms with Crippen LogP contribution in [0.4, 0.5) is 0 Å². The molecule has 1 N–H and O–H groups in total. The van der Waals surface area contributed by atoms with Crippen molar-refractivity contribution in [3.05, 3.63) is 12.7 Å². The van der Waals surface area contributed by atoms with Gasteiger partial charge in [-0.1, -0.05) is 32.3 Å². The molecule has 0 bridgehead atoms. The van der Waals surface area contributed by atoms with Gasteiger partial charge in [-0.15, -0.1) is 6.58 Å². The van der Waals surface area contributed by atoms with Gasteiger partial charge in [0.2, 0.25) is 0 Å². The van der Waals surface area contributed by atoms with E-state index >= 15 is 0 Å². The van der Waals surface area contributed by atoms with Gasteiger partial charge in [-0.25, -0.2) is 0 Å². The van der Waals surface area contributed by atoms with Crippen LogP contribution >= 0.6 is 0 Å². The number of unbranched alkanes of at least 4 members (excludes halogenated alkanes) is 4. The monoisotopic (exact) mass is 239 g/mol. The van der Waals surface area contributed by atoms with E-state index in [0.717, 1.165) is 31.9 Å². The first-order chi connectivity index (χ1) is 8.26. The molecule has 0 heterocycles. The number of hydrogen-bond donors (Lipinski definition) is 1. The third kappa shape index (κ3) is 8.78. The second kappa shape index (κ2) is 11.5. The third-order valence-electron chi connectivity index (χ3n) is 2.79. The molecule has 0 saturated carbocycles. The quantitative estimate of drug-likeness (QED) is 0.290. The van der Waals surface area contributed by atoms with Crippen LogP contribution in [0.25, 0.3) is 0 Å². The van der Waals surface area contributed by atoms with Crippen LogP contribution in [-0.4, -0.2) is 38.0 Å². The molecule has 17 heavy (non-hydrogen) atoms. The Balaban J connectivity index is 3.70. The summed E-state index contributed by atoms with van der Waals surface area (Å²) in [5.74, 6) is 1.01. The van der Waals surface area contributed by atoms with E-state index in [0.29, 0.717) is 0 Å². The fourth-order valence-corrected chi connectivity index (χ4v) is 1.72. The van der Waals surface area contributed by atoms with E-state index in [1.54, 1.807) is 0 Å². The van der Waals surface area contributed by atoms with Crippen molar-refractivity contribution in [1.82, 2.24) is 10.2 Å². The highest BCUT2D eigenvalue weighted by Gasteiger charge is 2.03. The summed E-state index contributed by atoms with van der Waals surface area (Å²) in [6.07, 6.45) is 9.32. The summed E-state index contributed by atoms with van der Waals surface area (Å²) in [6, 6.07) is 0. The Hall–Kier alpha value is -0.990. The van der Waals surface area contributed by atoms with Crippen LogP contribution in [0.2, 0.25) is 0 Å². The van der Waals surface area contributed by atoms with Gasteiger partial charge in [-0.3, -0.25) is 4.99 Å². The Morgan fingerprint density at radius 3 is 2.65 bits per heavy atom. The van der Waals surface area contributed by atoms with Crippen molar-refractivity contribution < 1.29 is 0 Å². The summed E-state index contributed by atoms with van der Waals surface area (Å²) in [5, 5.41) is 3.41. The van der Waals surface area contributed by atoms with E-state index in [1.807, 2.05) is 13.1 Å². The normalized spacial score (nSPS) is 11.4. The van der Waals surface area contributed by atoms with Gasteiger partial charge in [0.1, 0.15) is 0 Å². The Morgan fingerprint density at radius 2 is 2.06 bits per heavy atom. The number of nitrogens with one attached hydrogen (secondary N) is 1. The maximum atomic E-state index is 4.29. The summed E-state index contributed by atoms with van der Waals surface area (Å²) < 4.78 is 0. The van der Waals surface area contributed by atoms with E-state index in [9.17, 15) is 0 Å². The van der Waals surface area contributed by atoms with Gasteiger partial charge in [0, 0.05) is 27.2 Å². The molecule has 3 nitrogen and oxygen atoms in total. The van der Waals surface area contributed by atoms with Crippen molar-refractivity contribution in [2.24, 2.45) is 4.99 Å². The standard InChI is InChI=1S/C14H29N3/c1-5-7-9-10-12-16-14(15-3)17(4)13-11-8-6-2/h6H,2,5,7-13H2,1,3-4H3,(H,15,16). The van der Waals surface area contributed by atoms with Gasteiger partial charge in [0.15, 0.2) is 5.96 Å². The zero-order valence-corrected chi connectivity index (χ0v) is 11.8. The summed E-state index contributed by atoms with van der Waals surface area (Å²) in [5.41, 5.74) is 0. The molecule has 0 radical (unpaired) electrons. The molecule has 0 spiro atoms. The molecule has 0 saturated heterocycles. The zero-order chi connectivity index (χ0) is 12.9. The SMILES string of the molecule is C=CCCCN(C)C(=NC)NCCCCCC. The minimum atomic E-state index is 1.01. The van der Waals surface area contributed by atoms with E-state index < -0.39 is 0 Å². The molecule has 0 unspecified atom stereocenters. The lowest BCUT2D eigenvalue weighted by Gasteiger charge is -2.21. The second-order valence-corrected chi connectivity index (χ2v) is 4.39. The predicted molar refractivity (Wildman–Crippen MR) is 77.6 cm³/mol. The number of allylic oxidation sites excluding steroid dienone is 1. The fraction of sp³-hybridized carbons (Fsp3) is 0.786. The van der Waals surface area contributed by atoms with Crippen LogP contribution in [0.15, 0.2) is 17.6 Å². The smallest absolute Gasteiger partial charge is 0.193 e. The number of guanidine groups is 1. The Kier molecular flexibility index (Phi) is 10.8. The number of rotatable bonds is 9. The Morgan fingerprint density at radius 1 is 1.29 bits per heavy atom. The first kappa shape index (κ1) is 16.0. The minimum absolute atomic E-state index is 1.01. The van der Waals surface area contributed by atoms with Gasteiger partial charge in [0.05, 0.1) is 0 Å². The first-order valence-electron chi connectivity index (χ1n) is 6.79. The van der Waals surface area contributed by atoms with Crippen LogP contribution in [0, 0.1) is 0 Å². The van der Waals surface area contributed by atoms with Crippen LogP contribution in [0.1, 0.15) is 45.4 Å². The topological polar surface area (TPSA) is 27.6 Å². The minimum Gasteiger partial charge on any atom is -0.356 e. The highest BCUT2D eigenvalue weighted by Crippen LogP contribution is 1.98. The van der Waals surface area contributed by atoms with Crippen molar-refractivity contribution in [2.45, 2.75) is 45.4 Å². The highest BCUT2D eigenvalue weighted by atomic mass is 15.3. The molecule has 0 aromatic heterocycles. The molecule has 0 aliphatic carbocycles. The Bertz CT molecular complexity index is 212. The maximum absolute atomic E-state index is 4.29. The molecular weight excluding hydrogens is 210 g/mol. The molecule has 0 atom stereocenters. The fourth-order valence-electron chi connectivity index (χ4n) is 1.72. The van der Waals surface area contributed by atoms with E-state index in [4.69, 9.17) is 0 Å². The lowest BCUT2D eigenvalue weighted by atomic mass is 10.2. The molecular formula is C14H29N3. The molecule has 0 aliphatic rings. The van der Waals surface area contributed by atoms with Crippen molar-refractivity contribution in [3.63, 3.8) is 0 Å². The summed E-state index contributed by atoms with van der Waals surface area (Å²) in [6.45, 7) is 8.03. The van der Waals surface area contributed by atoms with Crippen LogP contribution in [0.3, 0.4) is 0 Å². The average molecular weight is 239 g/mol. The molecule has 0 aromatic carbocycles. The number of nitrogens with zero attached hydrogens (tertiary/aromatic N) is 2. The average Bonchev–Trinajstić information content (AvgIpc) is 2.34. The van der Waals surface area contributed by atoms with Gasteiger partial charge >= 0.3 is 0 Å². The number of hydrogen-bond acceptors (Lipinski definition) is 1. The van der Waals surface area contributed by atoms with Gasteiger partial charge in [0.25, 0.3) is 0 Å². The van der Waals surface area contributed by atoms with Crippen molar-refractivity contribution >= 4 is 5.96 Å². The lowest BCUT2D eigenvalue weighted by Crippen LogP contribution is -2.39. The Labute approximate surface area is 107 Å². The zero-order valence-electron chi connectivity index (χ0n) is 11.8. The van der Waals surface area contributed by atoms with Crippen LogP contribution < -0.4 is 5.32 Å². The van der Waals surface area contributed by atoms with Crippen molar-refractivity contribution in [2.75, 3.05) is 27.2 Å². The molecule has 100 valence electrons. The van der Waals surface area contributed by atoms with E-state index in [1.165, 1.54) is 25.7 Å². The first-order valence-corrected chi connectivity index (χ1v) is 6.79. The molecule has 0 amide bonds. The van der Waals surface area contributed by atoms with Gasteiger partial charge in [-0.05, 0) is 19.3 Å². The molecule has 0 rings (SSSR count). The van der Waals surface area contributed by atoms with Crippen molar-refractivity contribution in [1.29, 1.82) is 0 Å². The largest absolute Gasteiger partial charge is 0.356 e. The van der Waals surface area contributed by atoms with Crippen LogP contribution in [-0.2, 0) is 0 Å². The third-order valence-corrected chi connectivity index (χ3v) is 2.79. The summed E-state index contributed by atoms with van der Waals surface area (Å²) >= 11 is 0. The molecule has 0 fully saturated rings. The van der Waals surface area contributed by atoms with Crippen LogP contribution in [0.5, 0.6) is 0 Å². The second-order valence-electron chi connectivity index (χ2n) is 4.39. The predicted octanol–water partition coefficient (Wildman–Crippen LogP) is 3.04. The van der Waals surface area contributed by atoms with Gasteiger partial charge in [-0.2, -0.15) is 0 Å². The van der Waals surface area contributed by atoms with Crippen molar-refractivity contribution in [3.8, 4) is 0 Å². The van der Waals surface area contributed by atoms with E-state index in [-0.39, 0.29) is 0 Å². The number of aliphatic imine (C=N–C) groups is 1. The van der Waals surface area contributed by atoms with E-state index in [2.05, 4.69) is 35.8 Å². The highest BCUT2D eigenvalue weighted by molar-refractivity contribution is 5.79. The lowest BCUT2D eigenvalue weighted by molar-refractivity contribution is 0.468. The maximum Gasteiger partial charge on any atom is 0.193 e. The molecule has 0 aliphatic heterocycles. The summed E-state index contributed by atoms with van der Waals surface area (Å²) in [4.78, 5) is 6.47. The molecule has 3 heteroatoms. The summed E-state index contributed by atoms with van der Waals surface area (Å²) in [7, 11) is 3.93.